The molecule has 6 heteroatoms. The Labute approximate surface area is 124 Å². The van der Waals surface area contributed by atoms with Gasteiger partial charge in [-0.25, -0.2) is 0 Å². The second-order valence-electron chi connectivity index (χ2n) is 4.21. The summed E-state index contributed by atoms with van der Waals surface area (Å²) in [6.45, 7) is -0.477. The number of rotatable bonds is 4. The van der Waals surface area contributed by atoms with Crippen molar-refractivity contribution in [2.75, 3.05) is 6.61 Å². The normalized spacial score (nSPS) is 11.2. The van der Waals surface area contributed by atoms with Crippen molar-refractivity contribution in [1.29, 1.82) is 0 Å². The minimum Gasteiger partial charge on any atom is -0.485 e. The zero-order valence-corrected chi connectivity index (χ0v) is 11.4. The summed E-state index contributed by atoms with van der Waals surface area (Å²) in [5.74, 6) is -0.351. The van der Waals surface area contributed by atoms with Gasteiger partial charge in [-0.3, -0.25) is 4.79 Å². The van der Waals surface area contributed by atoms with Crippen LogP contribution in [0, 0.1) is 0 Å². The Morgan fingerprint density at radius 3 is 2.38 bits per heavy atom. The quantitative estimate of drug-likeness (QED) is 0.770. The molecule has 0 fully saturated rings. The topological polar surface area (TPSA) is 26.3 Å². The monoisotopic (exact) mass is 314 g/mol. The molecule has 21 heavy (non-hydrogen) atoms. The van der Waals surface area contributed by atoms with E-state index >= 15 is 0 Å². The van der Waals surface area contributed by atoms with E-state index in [2.05, 4.69) is 0 Å². The number of Topliss-reactive ketones (excluding diaryl/α,β-unsaturated/α-hetero) is 1. The Morgan fingerprint density at radius 2 is 1.76 bits per heavy atom. The van der Waals surface area contributed by atoms with E-state index in [9.17, 15) is 18.0 Å². The fourth-order valence-electron chi connectivity index (χ4n) is 1.74. The maximum Gasteiger partial charge on any atom is 0.417 e. The number of carbonyl (C=O) groups is 1. The second kappa shape index (κ2) is 6.18. The van der Waals surface area contributed by atoms with Crippen LogP contribution in [0.2, 0.25) is 5.02 Å². The van der Waals surface area contributed by atoms with E-state index in [4.69, 9.17) is 16.3 Å². The molecule has 0 radical (unpaired) electrons. The highest BCUT2D eigenvalue weighted by molar-refractivity contribution is 6.30. The molecule has 2 aromatic carbocycles. The number of para-hydroxylation sites is 1. The summed E-state index contributed by atoms with van der Waals surface area (Å²) < 4.78 is 43.9. The molecule has 2 rings (SSSR count). The van der Waals surface area contributed by atoms with Crippen molar-refractivity contribution in [3.8, 4) is 5.75 Å². The van der Waals surface area contributed by atoms with Crippen LogP contribution in [-0.2, 0) is 6.18 Å². The van der Waals surface area contributed by atoms with Gasteiger partial charge in [0.15, 0.2) is 6.61 Å². The number of alkyl halides is 3. The van der Waals surface area contributed by atoms with E-state index in [-0.39, 0.29) is 5.02 Å². The number of ether oxygens (including phenoxy) is 1. The van der Waals surface area contributed by atoms with E-state index in [0.29, 0.717) is 5.75 Å². The predicted molar refractivity (Wildman–Crippen MR) is 72.7 cm³/mol. The predicted octanol–water partition coefficient (Wildman–Crippen LogP) is 4.62. The maximum atomic E-state index is 12.9. The Balaban J connectivity index is 2.20. The van der Waals surface area contributed by atoms with Gasteiger partial charge in [0, 0.05) is 10.6 Å². The SMILES string of the molecule is O=C(COc1ccccc1)c1ccc(Cl)cc1C(F)(F)F. The highest BCUT2D eigenvalue weighted by Gasteiger charge is 2.35. The first kappa shape index (κ1) is 15.4. The number of carbonyl (C=O) groups excluding carboxylic acids is 1. The van der Waals surface area contributed by atoms with Crippen LogP contribution < -0.4 is 4.74 Å². The van der Waals surface area contributed by atoms with Crippen LogP contribution in [0.15, 0.2) is 48.5 Å². The molecule has 0 saturated carbocycles. The number of ketones is 1. The van der Waals surface area contributed by atoms with Crippen LogP contribution in [0.25, 0.3) is 0 Å². The van der Waals surface area contributed by atoms with Crippen LogP contribution in [0.3, 0.4) is 0 Å². The van der Waals surface area contributed by atoms with Crippen molar-refractivity contribution in [2.45, 2.75) is 6.18 Å². The highest BCUT2D eigenvalue weighted by atomic mass is 35.5. The van der Waals surface area contributed by atoms with Gasteiger partial charge in [0.25, 0.3) is 0 Å². The summed E-state index contributed by atoms with van der Waals surface area (Å²) in [5, 5.41) is -0.0807. The highest BCUT2D eigenvalue weighted by Crippen LogP contribution is 2.34. The van der Waals surface area contributed by atoms with Gasteiger partial charge in [0.2, 0.25) is 5.78 Å². The van der Waals surface area contributed by atoms with E-state index in [0.717, 1.165) is 12.1 Å². The molecule has 2 nitrogen and oxygen atoms in total. The van der Waals surface area contributed by atoms with Crippen molar-refractivity contribution in [3.63, 3.8) is 0 Å². The Morgan fingerprint density at radius 1 is 1.10 bits per heavy atom. The molecule has 0 heterocycles. The van der Waals surface area contributed by atoms with Crippen LogP contribution in [0.1, 0.15) is 15.9 Å². The summed E-state index contributed by atoms with van der Waals surface area (Å²) in [6, 6.07) is 11.4. The van der Waals surface area contributed by atoms with Gasteiger partial charge in [0.1, 0.15) is 5.75 Å². The molecule has 0 aliphatic heterocycles. The minimum atomic E-state index is -4.65. The van der Waals surface area contributed by atoms with E-state index in [1.807, 2.05) is 0 Å². The van der Waals surface area contributed by atoms with Gasteiger partial charge < -0.3 is 4.74 Å². The van der Waals surface area contributed by atoms with Gasteiger partial charge >= 0.3 is 6.18 Å². The van der Waals surface area contributed by atoms with Gasteiger partial charge in [-0.2, -0.15) is 13.2 Å². The van der Waals surface area contributed by atoms with E-state index in [1.165, 1.54) is 6.07 Å². The van der Waals surface area contributed by atoms with Crippen LogP contribution in [-0.4, -0.2) is 12.4 Å². The molecular weight excluding hydrogens is 305 g/mol. The molecule has 0 bridgehead atoms. The summed E-state index contributed by atoms with van der Waals surface area (Å²) in [5.41, 5.74) is -1.51. The smallest absolute Gasteiger partial charge is 0.417 e. The van der Waals surface area contributed by atoms with Crippen LogP contribution in [0.4, 0.5) is 13.2 Å². The largest absolute Gasteiger partial charge is 0.485 e. The lowest BCUT2D eigenvalue weighted by Gasteiger charge is -2.13. The van der Waals surface area contributed by atoms with Crippen molar-refractivity contribution in [1.82, 2.24) is 0 Å². The summed E-state index contributed by atoms with van der Waals surface area (Å²) in [6.07, 6.45) is -4.65. The van der Waals surface area contributed by atoms with E-state index in [1.54, 1.807) is 30.3 Å². The third kappa shape index (κ3) is 3.98. The fraction of sp³-hybridized carbons (Fsp3) is 0.133. The molecule has 0 spiro atoms. The molecule has 0 aliphatic carbocycles. The molecule has 0 aromatic heterocycles. The second-order valence-corrected chi connectivity index (χ2v) is 4.65. The van der Waals surface area contributed by atoms with Gasteiger partial charge in [-0.15, -0.1) is 0 Å². The molecule has 0 unspecified atom stereocenters. The summed E-state index contributed by atoms with van der Waals surface area (Å²) in [4.78, 5) is 11.9. The van der Waals surface area contributed by atoms with Gasteiger partial charge in [0.05, 0.1) is 5.56 Å². The molecule has 110 valence electrons. The first-order valence-electron chi connectivity index (χ1n) is 5.96. The van der Waals surface area contributed by atoms with Crippen molar-refractivity contribution < 1.29 is 22.7 Å². The van der Waals surface area contributed by atoms with Crippen molar-refractivity contribution >= 4 is 17.4 Å². The first-order valence-corrected chi connectivity index (χ1v) is 6.33. The van der Waals surface area contributed by atoms with E-state index < -0.39 is 29.7 Å². The summed E-state index contributed by atoms with van der Waals surface area (Å²) >= 11 is 5.56. The fourth-order valence-corrected chi connectivity index (χ4v) is 1.91. The Kier molecular flexibility index (Phi) is 4.53. The van der Waals surface area contributed by atoms with Crippen LogP contribution in [0.5, 0.6) is 5.75 Å². The van der Waals surface area contributed by atoms with Gasteiger partial charge in [-0.05, 0) is 30.3 Å². The zero-order chi connectivity index (χ0) is 15.5. The zero-order valence-electron chi connectivity index (χ0n) is 10.7. The third-order valence-corrected chi connectivity index (χ3v) is 2.94. The third-order valence-electron chi connectivity index (χ3n) is 2.70. The lowest BCUT2D eigenvalue weighted by Crippen LogP contribution is -2.18. The average molecular weight is 315 g/mol. The number of hydrogen-bond acceptors (Lipinski definition) is 2. The Bertz CT molecular complexity index is 639. The van der Waals surface area contributed by atoms with Crippen molar-refractivity contribution in [3.05, 3.63) is 64.7 Å². The lowest BCUT2D eigenvalue weighted by molar-refractivity contribution is -0.137. The molecule has 0 amide bonds. The molecule has 0 aliphatic rings. The molecule has 2 aromatic rings. The van der Waals surface area contributed by atoms with Crippen LogP contribution >= 0.6 is 11.6 Å². The van der Waals surface area contributed by atoms with Gasteiger partial charge in [-0.1, -0.05) is 29.8 Å². The number of benzene rings is 2. The lowest BCUT2D eigenvalue weighted by atomic mass is 10.0. The molecule has 0 N–H and O–H groups in total. The van der Waals surface area contributed by atoms with Crippen molar-refractivity contribution in [2.24, 2.45) is 0 Å². The summed E-state index contributed by atoms with van der Waals surface area (Å²) in [7, 11) is 0. The first-order chi connectivity index (χ1) is 9.88. The standard InChI is InChI=1S/C15H10ClF3O2/c16-10-6-7-12(13(8-10)15(17,18)19)14(20)9-21-11-4-2-1-3-5-11/h1-8H,9H2. The number of hydrogen-bond donors (Lipinski definition) is 0. The number of halogens is 4. The molecule has 0 atom stereocenters. The minimum absolute atomic E-state index is 0.0807. The molecule has 0 saturated heterocycles. The maximum absolute atomic E-state index is 12.9. The Hall–Kier alpha value is -2.01. The average Bonchev–Trinajstić information content (AvgIpc) is 2.45. The molecular formula is C15H10ClF3O2.